The Bertz CT molecular complexity index is 481. The molecule has 2 heterocycles. The van der Waals surface area contributed by atoms with Crippen LogP contribution >= 0.6 is 11.8 Å². The van der Waals surface area contributed by atoms with Crippen LogP contribution in [0.2, 0.25) is 0 Å². The standard InChI is InChI=1S/C15H23N3OS/c1-3-19-15(7-5-4-6-8-15)14-17-12-10-20-9-11(12)13(16-2)18-14/h3-10H2,1-2H3,(H,16,17,18). The SMILES string of the molecule is CCOC1(c2nc3c(c(NC)n2)CSC3)CCCCC1. The third-order valence-electron chi connectivity index (χ3n) is 4.30. The molecule has 1 aliphatic carbocycles. The first-order chi connectivity index (χ1) is 9.79. The molecule has 0 spiro atoms. The summed E-state index contributed by atoms with van der Waals surface area (Å²) in [5.74, 6) is 3.93. The van der Waals surface area contributed by atoms with E-state index in [1.54, 1.807) is 0 Å². The zero-order chi connectivity index (χ0) is 14.0. The fraction of sp³-hybridized carbons (Fsp3) is 0.733. The number of nitrogens with one attached hydrogen (secondary N) is 1. The van der Waals surface area contributed by atoms with Gasteiger partial charge in [-0.05, 0) is 19.8 Å². The van der Waals surface area contributed by atoms with Crippen LogP contribution in [0, 0.1) is 0 Å². The minimum atomic E-state index is -0.249. The van der Waals surface area contributed by atoms with E-state index in [1.165, 1.54) is 30.5 Å². The third kappa shape index (κ3) is 2.42. The highest BCUT2D eigenvalue weighted by atomic mass is 32.2. The normalized spacial score (nSPS) is 20.7. The summed E-state index contributed by atoms with van der Waals surface area (Å²) in [4.78, 5) is 9.70. The Morgan fingerprint density at radius 2 is 2.00 bits per heavy atom. The Balaban J connectivity index is 2.02. The minimum Gasteiger partial charge on any atom is -0.373 e. The van der Waals surface area contributed by atoms with Gasteiger partial charge in [-0.1, -0.05) is 19.3 Å². The summed E-state index contributed by atoms with van der Waals surface area (Å²) in [6, 6.07) is 0. The lowest BCUT2D eigenvalue weighted by Crippen LogP contribution is -2.35. The van der Waals surface area contributed by atoms with Gasteiger partial charge in [-0.25, -0.2) is 9.97 Å². The van der Waals surface area contributed by atoms with Crippen molar-refractivity contribution in [3.63, 3.8) is 0 Å². The first-order valence-corrected chi connectivity index (χ1v) is 8.74. The molecule has 0 saturated heterocycles. The number of ether oxygens (including phenoxy) is 1. The molecule has 1 saturated carbocycles. The first-order valence-electron chi connectivity index (χ1n) is 7.59. The molecule has 0 bridgehead atoms. The van der Waals surface area contributed by atoms with Crippen LogP contribution in [0.25, 0.3) is 0 Å². The van der Waals surface area contributed by atoms with Crippen LogP contribution in [-0.2, 0) is 21.8 Å². The topological polar surface area (TPSA) is 47.0 Å². The molecule has 1 N–H and O–H groups in total. The summed E-state index contributed by atoms with van der Waals surface area (Å²) in [5, 5.41) is 3.25. The third-order valence-corrected chi connectivity index (χ3v) is 5.27. The average Bonchev–Trinajstić information content (AvgIpc) is 2.96. The summed E-state index contributed by atoms with van der Waals surface area (Å²) in [7, 11) is 1.95. The maximum Gasteiger partial charge on any atom is 0.162 e. The molecule has 0 atom stereocenters. The van der Waals surface area contributed by atoms with Crippen molar-refractivity contribution in [2.45, 2.75) is 56.1 Å². The number of hydrogen-bond acceptors (Lipinski definition) is 5. The first kappa shape index (κ1) is 14.1. The van der Waals surface area contributed by atoms with E-state index in [-0.39, 0.29) is 5.60 Å². The number of nitrogens with zero attached hydrogens (tertiary/aromatic N) is 2. The molecule has 5 heteroatoms. The van der Waals surface area contributed by atoms with Crippen molar-refractivity contribution >= 4 is 17.6 Å². The quantitative estimate of drug-likeness (QED) is 0.921. The van der Waals surface area contributed by atoms with E-state index in [0.29, 0.717) is 0 Å². The molecular formula is C15H23N3OS. The van der Waals surface area contributed by atoms with E-state index >= 15 is 0 Å². The monoisotopic (exact) mass is 293 g/mol. The largest absolute Gasteiger partial charge is 0.373 e. The Hall–Kier alpha value is -0.810. The number of hydrogen-bond donors (Lipinski definition) is 1. The van der Waals surface area contributed by atoms with Crippen LogP contribution in [0.4, 0.5) is 5.82 Å². The molecule has 1 aromatic rings. The van der Waals surface area contributed by atoms with E-state index < -0.39 is 0 Å². The zero-order valence-corrected chi connectivity index (χ0v) is 13.2. The predicted molar refractivity (Wildman–Crippen MR) is 83.0 cm³/mol. The summed E-state index contributed by atoms with van der Waals surface area (Å²) in [5.41, 5.74) is 2.23. The van der Waals surface area contributed by atoms with Gasteiger partial charge in [0.15, 0.2) is 5.82 Å². The number of fused-ring (bicyclic) bond motifs is 1. The molecular weight excluding hydrogens is 270 g/mol. The molecule has 0 aromatic carbocycles. The van der Waals surface area contributed by atoms with Crippen molar-refractivity contribution in [1.29, 1.82) is 0 Å². The minimum absolute atomic E-state index is 0.249. The predicted octanol–water partition coefficient (Wildman–Crippen LogP) is 3.46. The number of thioether (sulfide) groups is 1. The van der Waals surface area contributed by atoms with E-state index in [4.69, 9.17) is 14.7 Å². The van der Waals surface area contributed by atoms with Crippen LogP contribution in [0.5, 0.6) is 0 Å². The maximum atomic E-state index is 6.16. The van der Waals surface area contributed by atoms with E-state index in [2.05, 4.69) is 12.2 Å². The Kier molecular flexibility index (Phi) is 4.17. The van der Waals surface area contributed by atoms with Crippen molar-refractivity contribution in [2.75, 3.05) is 19.0 Å². The molecule has 0 unspecified atom stereocenters. The fourth-order valence-electron chi connectivity index (χ4n) is 3.29. The highest BCUT2D eigenvalue weighted by molar-refractivity contribution is 7.98. The molecule has 0 radical (unpaired) electrons. The highest BCUT2D eigenvalue weighted by Crippen LogP contribution is 2.41. The Labute approximate surface area is 125 Å². The number of aromatic nitrogens is 2. The zero-order valence-electron chi connectivity index (χ0n) is 12.4. The van der Waals surface area contributed by atoms with Crippen molar-refractivity contribution in [1.82, 2.24) is 9.97 Å². The van der Waals surface area contributed by atoms with Crippen LogP contribution in [0.3, 0.4) is 0 Å². The van der Waals surface area contributed by atoms with Crippen LogP contribution in [0.1, 0.15) is 56.1 Å². The summed E-state index contributed by atoms with van der Waals surface area (Å²) >= 11 is 1.92. The highest BCUT2D eigenvalue weighted by Gasteiger charge is 2.38. The van der Waals surface area contributed by atoms with Crippen LogP contribution < -0.4 is 5.32 Å². The molecule has 0 amide bonds. The van der Waals surface area contributed by atoms with Gasteiger partial charge < -0.3 is 10.1 Å². The summed E-state index contributed by atoms with van der Waals surface area (Å²) in [6.07, 6.45) is 5.83. The fourth-order valence-corrected chi connectivity index (χ4v) is 4.34. The molecule has 2 aliphatic rings. The van der Waals surface area contributed by atoms with Crippen molar-refractivity contribution in [3.8, 4) is 0 Å². The Morgan fingerprint density at radius 3 is 2.70 bits per heavy atom. The second-order valence-electron chi connectivity index (χ2n) is 5.55. The van der Waals surface area contributed by atoms with Gasteiger partial charge in [-0.15, -0.1) is 0 Å². The summed E-state index contributed by atoms with van der Waals surface area (Å²) < 4.78 is 6.16. The van der Waals surface area contributed by atoms with Crippen LogP contribution in [-0.4, -0.2) is 23.6 Å². The van der Waals surface area contributed by atoms with E-state index in [9.17, 15) is 0 Å². The van der Waals surface area contributed by atoms with Gasteiger partial charge in [0, 0.05) is 30.7 Å². The number of anilines is 1. The Morgan fingerprint density at radius 1 is 1.20 bits per heavy atom. The van der Waals surface area contributed by atoms with Gasteiger partial charge in [0.1, 0.15) is 11.4 Å². The second kappa shape index (κ2) is 5.90. The second-order valence-corrected chi connectivity index (χ2v) is 6.54. The lowest BCUT2D eigenvalue weighted by molar-refractivity contribution is -0.0767. The van der Waals surface area contributed by atoms with Crippen molar-refractivity contribution in [3.05, 3.63) is 17.1 Å². The lowest BCUT2D eigenvalue weighted by Gasteiger charge is -2.36. The van der Waals surface area contributed by atoms with Gasteiger partial charge in [0.2, 0.25) is 0 Å². The molecule has 4 nitrogen and oxygen atoms in total. The smallest absolute Gasteiger partial charge is 0.162 e. The molecule has 1 aromatic heterocycles. The average molecular weight is 293 g/mol. The molecule has 110 valence electrons. The van der Waals surface area contributed by atoms with Crippen molar-refractivity contribution < 1.29 is 4.74 Å². The number of rotatable bonds is 4. The molecule has 1 fully saturated rings. The van der Waals surface area contributed by atoms with Crippen LogP contribution in [0.15, 0.2) is 0 Å². The molecule has 3 rings (SSSR count). The molecule has 20 heavy (non-hydrogen) atoms. The van der Waals surface area contributed by atoms with Gasteiger partial charge >= 0.3 is 0 Å². The van der Waals surface area contributed by atoms with Gasteiger partial charge in [0.05, 0.1) is 5.69 Å². The van der Waals surface area contributed by atoms with Gasteiger partial charge in [-0.2, -0.15) is 11.8 Å². The van der Waals surface area contributed by atoms with Crippen molar-refractivity contribution in [2.24, 2.45) is 0 Å². The van der Waals surface area contributed by atoms with E-state index in [0.717, 1.165) is 42.6 Å². The lowest BCUT2D eigenvalue weighted by atomic mass is 9.83. The maximum absolute atomic E-state index is 6.16. The molecule has 1 aliphatic heterocycles. The summed E-state index contributed by atoms with van der Waals surface area (Å²) in [6.45, 7) is 2.79. The van der Waals surface area contributed by atoms with E-state index in [1.807, 2.05) is 18.8 Å². The van der Waals surface area contributed by atoms with Gasteiger partial charge in [0.25, 0.3) is 0 Å². The van der Waals surface area contributed by atoms with Gasteiger partial charge in [-0.3, -0.25) is 0 Å².